The molecule has 0 amide bonds. The van der Waals surface area contributed by atoms with Crippen LogP contribution in [0.5, 0.6) is 0 Å². The molecule has 1 fully saturated rings. The van der Waals surface area contributed by atoms with Crippen LogP contribution in [0.4, 0.5) is 8.78 Å². The van der Waals surface area contributed by atoms with Gasteiger partial charge in [0.2, 0.25) is 5.89 Å². The van der Waals surface area contributed by atoms with E-state index in [4.69, 9.17) is 10.3 Å². The lowest BCUT2D eigenvalue weighted by atomic mass is 9.77. The van der Waals surface area contributed by atoms with Gasteiger partial charge in [0, 0.05) is 5.56 Å². The van der Waals surface area contributed by atoms with E-state index in [0.717, 1.165) is 37.5 Å². The van der Waals surface area contributed by atoms with Crippen molar-refractivity contribution in [2.45, 2.75) is 31.2 Å². The topological polar surface area (TPSA) is 64.9 Å². The van der Waals surface area contributed by atoms with E-state index in [2.05, 4.69) is 10.1 Å². The number of halogens is 3. The number of hydrogen-bond donors (Lipinski definition) is 1. The summed E-state index contributed by atoms with van der Waals surface area (Å²) in [5.41, 5.74) is 5.74. The zero-order chi connectivity index (χ0) is 13.5. The Morgan fingerprint density at radius 3 is 2.70 bits per heavy atom. The standard InChI is InChI=1S/C13H13F2N3O.ClH/c14-9-2-3-10(15)8(6-9)7-11-17-12(18-19-11)13(16)4-1-5-13;/h2-3,6H,1,4-5,7,16H2;1H. The molecule has 1 aromatic heterocycles. The minimum atomic E-state index is -0.512. The van der Waals surface area contributed by atoms with Gasteiger partial charge in [-0.05, 0) is 37.5 Å². The van der Waals surface area contributed by atoms with Crippen LogP contribution < -0.4 is 5.73 Å². The van der Waals surface area contributed by atoms with E-state index in [1.165, 1.54) is 0 Å². The van der Waals surface area contributed by atoms with Crippen molar-refractivity contribution in [3.8, 4) is 0 Å². The lowest BCUT2D eigenvalue weighted by Crippen LogP contribution is -2.44. The Kier molecular flexibility index (Phi) is 4.06. The van der Waals surface area contributed by atoms with Crippen LogP contribution in [0.3, 0.4) is 0 Å². The van der Waals surface area contributed by atoms with Crippen LogP contribution in [0.2, 0.25) is 0 Å². The van der Waals surface area contributed by atoms with Crippen LogP contribution in [0.1, 0.15) is 36.5 Å². The fraction of sp³-hybridized carbons (Fsp3) is 0.385. The number of nitrogens with zero attached hydrogens (tertiary/aromatic N) is 2. The SMILES string of the molecule is Cl.NC1(c2noc(Cc3cc(F)ccc3F)n2)CCC1. The number of hydrogen-bond acceptors (Lipinski definition) is 4. The maximum absolute atomic E-state index is 13.5. The van der Waals surface area contributed by atoms with Gasteiger partial charge in [0.15, 0.2) is 5.82 Å². The maximum Gasteiger partial charge on any atom is 0.231 e. The highest BCUT2D eigenvalue weighted by atomic mass is 35.5. The quantitative estimate of drug-likeness (QED) is 0.946. The molecule has 1 aliphatic carbocycles. The third-order valence-electron chi connectivity index (χ3n) is 3.51. The molecule has 108 valence electrons. The molecule has 2 aromatic rings. The van der Waals surface area contributed by atoms with Crippen LogP contribution in [-0.2, 0) is 12.0 Å². The summed E-state index contributed by atoms with van der Waals surface area (Å²) in [7, 11) is 0. The average molecular weight is 302 g/mol. The summed E-state index contributed by atoms with van der Waals surface area (Å²) in [5.74, 6) is -0.292. The summed E-state index contributed by atoms with van der Waals surface area (Å²) in [6.07, 6.45) is 2.74. The van der Waals surface area contributed by atoms with Gasteiger partial charge in [0.1, 0.15) is 11.6 Å². The maximum atomic E-state index is 13.5. The van der Waals surface area contributed by atoms with Crippen LogP contribution >= 0.6 is 12.4 Å². The highest BCUT2D eigenvalue weighted by Gasteiger charge is 2.38. The van der Waals surface area contributed by atoms with Crippen LogP contribution in [0.15, 0.2) is 22.7 Å². The van der Waals surface area contributed by atoms with Crippen LogP contribution in [0, 0.1) is 11.6 Å². The van der Waals surface area contributed by atoms with E-state index in [1.54, 1.807) is 0 Å². The van der Waals surface area contributed by atoms with E-state index in [1.807, 2.05) is 0 Å². The third-order valence-corrected chi connectivity index (χ3v) is 3.51. The second kappa shape index (κ2) is 5.46. The van der Waals surface area contributed by atoms with E-state index >= 15 is 0 Å². The smallest absolute Gasteiger partial charge is 0.231 e. The summed E-state index contributed by atoms with van der Waals surface area (Å²) in [6, 6.07) is 3.28. The van der Waals surface area contributed by atoms with Crippen molar-refractivity contribution in [3.63, 3.8) is 0 Å². The Morgan fingerprint density at radius 2 is 2.05 bits per heavy atom. The first kappa shape index (κ1) is 14.9. The second-order valence-corrected chi connectivity index (χ2v) is 4.93. The van der Waals surface area contributed by atoms with Crippen molar-refractivity contribution in [3.05, 3.63) is 47.1 Å². The molecule has 20 heavy (non-hydrogen) atoms. The van der Waals surface area contributed by atoms with E-state index in [9.17, 15) is 8.78 Å². The molecule has 0 atom stereocenters. The van der Waals surface area contributed by atoms with Crippen molar-refractivity contribution < 1.29 is 13.3 Å². The second-order valence-electron chi connectivity index (χ2n) is 4.93. The molecule has 2 N–H and O–H groups in total. The normalized spacial score (nSPS) is 16.4. The molecule has 7 heteroatoms. The summed E-state index contributed by atoms with van der Waals surface area (Å²) in [4.78, 5) is 4.18. The van der Waals surface area contributed by atoms with Crippen LogP contribution in [0.25, 0.3) is 0 Å². The van der Waals surface area contributed by atoms with Crippen molar-refractivity contribution in [2.75, 3.05) is 0 Å². The first-order valence-electron chi connectivity index (χ1n) is 6.13. The molecular formula is C13H14ClF2N3O. The lowest BCUT2D eigenvalue weighted by Gasteiger charge is -2.34. The highest BCUT2D eigenvalue weighted by molar-refractivity contribution is 5.85. The van der Waals surface area contributed by atoms with Crippen molar-refractivity contribution >= 4 is 12.4 Å². The van der Waals surface area contributed by atoms with Gasteiger partial charge in [-0.15, -0.1) is 12.4 Å². The molecule has 0 unspecified atom stereocenters. The monoisotopic (exact) mass is 301 g/mol. The Labute approximate surface area is 120 Å². The number of benzene rings is 1. The fourth-order valence-corrected chi connectivity index (χ4v) is 2.15. The van der Waals surface area contributed by atoms with Gasteiger partial charge in [-0.25, -0.2) is 8.78 Å². The van der Waals surface area contributed by atoms with Gasteiger partial charge < -0.3 is 10.3 Å². The Balaban J connectivity index is 0.00000147. The fourth-order valence-electron chi connectivity index (χ4n) is 2.15. The summed E-state index contributed by atoms with van der Waals surface area (Å²) in [5, 5.41) is 3.83. The van der Waals surface area contributed by atoms with E-state index < -0.39 is 17.2 Å². The summed E-state index contributed by atoms with van der Waals surface area (Å²) < 4.78 is 31.6. The van der Waals surface area contributed by atoms with Gasteiger partial charge in [0.25, 0.3) is 0 Å². The molecule has 0 spiro atoms. The van der Waals surface area contributed by atoms with E-state index in [-0.39, 0.29) is 30.3 Å². The van der Waals surface area contributed by atoms with Crippen LogP contribution in [-0.4, -0.2) is 10.1 Å². The first-order chi connectivity index (χ1) is 9.07. The van der Waals surface area contributed by atoms with Gasteiger partial charge in [-0.3, -0.25) is 0 Å². The van der Waals surface area contributed by atoms with Gasteiger partial charge in [-0.1, -0.05) is 5.16 Å². The average Bonchev–Trinajstić information content (AvgIpc) is 2.80. The Hall–Kier alpha value is -1.53. The molecule has 1 aliphatic rings. The first-order valence-corrected chi connectivity index (χ1v) is 6.13. The third kappa shape index (κ3) is 2.66. The number of nitrogens with two attached hydrogens (primary N) is 1. The molecule has 1 heterocycles. The molecule has 0 saturated heterocycles. The Bertz CT molecular complexity index is 613. The number of aromatic nitrogens is 2. The summed E-state index contributed by atoms with van der Waals surface area (Å²) >= 11 is 0. The lowest BCUT2D eigenvalue weighted by molar-refractivity contribution is 0.229. The molecule has 0 bridgehead atoms. The molecule has 4 nitrogen and oxygen atoms in total. The van der Waals surface area contributed by atoms with Gasteiger partial charge in [-0.2, -0.15) is 4.98 Å². The van der Waals surface area contributed by atoms with Gasteiger partial charge >= 0.3 is 0 Å². The number of rotatable bonds is 3. The molecular weight excluding hydrogens is 288 g/mol. The highest BCUT2D eigenvalue weighted by Crippen LogP contribution is 2.36. The summed E-state index contributed by atoms with van der Waals surface area (Å²) in [6.45, 7) is 0. The Morgan fingerprint density at radius 1 is 1.30 bits per heavy atom. The molecule has 0 radical (unpaired) electrons. The predicted octanol–water partition coefficient (Wildman–Crippen LogP) is 2.70. The van der Waals surface area contributed by atoms with Crippen molar-refractivity contribution in [1.29, 1.82) is 0 Å². The van der Waals surface area contributed by atoms with Gasteiger partial charge in [0.05, 0.1) is 12.0 Å². The minimum absolute atomic E-state index is 0. The molecule has 0 aliphatic heterocycles. The van der Waals surface area contributed by atoms with E-state index in [0.29, 0.717) is 5.82 Å². The minimum Gasteiger partial charge on any atom is -0.339 e. The van der Waals surface area contributed by atoms with Crippen molar-refractivity contribution in [2.24, 2.45) is 5.73 Å². The largest absolute Gasteiger partial charge is 0.339 e. The molecule has 1 saturated carbocycles. The molecule has 1 aromatic carbocycles. The zero-order valence-electron chi connectivity index (χ0n) is 10.6. The van der Waals surface area contributed by atoms with Crippen molar-refractivity contribution in [1.82, 2.24) is 10.1 Å². The predicted molar refractivity (Wildman–Crippen MR) is 70.4 cm³/mol. The molecule has 3 rings (SSSR count). The zero-order valence-corrected chi connectivity index (χ0v) is 11.4.